The molecule has 0 bridgehead atoms. The monoisotopic (exact) mass is 288 g/mol. The molecule has 1 aliphatic heterocycles. The highest BCUT2D eigenvalue weighted by Crippen LogP contribution is 2.36. The second-order valence-corrected chi connectivity index (χ2v) is 6.18. The number of aromatic amines is 1. The van der Waals surface area contributed by atoms with E-state index >= 15 is 0 Å². The first-order chi connectivity index (χ1) is 9.98. The van der Waals surface area contributed by atoms with Gasteiger partial charge in [0.15, 0.2) is 0 Å². The number of aromatic nitrogens is 2. The quantitative estimate of drug-likeness (QED) is 0.863. The highest BCUT2D eigenvalue weighted by molar-refractivity contribution is 5.93. The van der Waals surface area contributed by atoms with E-state index in [1.165, 1.54) is 12.7 Å². The summed E-state index contributed by atoms with van der Waals surface area (Å²) in [6, 6.07) is 3.90. The van der Waals surface area contributed by atoms with E-state index in [2.05, 4.69) is 29.9 Å². The highest BCUT2D eigenvalue weighted by atomic mass is 16.5. The number of fused-ring (bicyclic) bond motifs is 1. The van der Waals surface area contributed by atoms with Gasteiger partial charge in [-0.25, -0.2) is 9.78 Å². The van der Waals surface area contributed by atoms with Gasteiger partial charge in [0.25, 0.3) is 0 Å². The van der Waals surface area contributed by atoms with E-state index in [1.54, 1.807) is 6.07 Å². The molecule has 5 heteroatoms. The number of hydrogen-bond donors (Lipinski definition) is 1. The summed E-state index contributed by atoms with van der Waals surface area (Å²) in [7, 11) is 1.37. The maximum Gasteiger partial charge on any atom is 0.354 e. The first-order valence-electron chi connectivity index (χ1n) is 7.19. The van der Waals surface area contributed by atoms with E-state index in [4.69, 9.17) is 9.47 Å². The van der Waals surface area contributed by atoms with Crippen LogP contribution in [-0.2, 0) is 9.47 Å². The largest absolute Gasteiger partial charge is 0.464 e. The van der Waals surface area contributed by atoms with Crippen molar-refractivity contribution >= 4 is 17.0 Å². The predicted octanol–water partition coefficient (Wildman–Crippen LogP) is 3.02. The van der Waals surface area contributed by atoms with Crippen LogP contribution in [0.1, 0.15) is 48.7 Å². The fourth-order valence-corrected chi connectivity index (χ4v) is 2.99. The average molecular weight is 288 g/mol. The van der Waals surface area contributed by atoms with Gasteiger partial charge in [0.2, 0.25) is 0 Å². The fraction of sp³-hybridized carbons (Fsp3) is 0.500. The van der Waals surface area contributed by atoms with Gasteiger partial charge in [0.1, 0.15) is 11.3 Å². The molecule has 1 unspecified atom stereocenters. The van der Waals surface area contributed by atoms with Gasteiger partial charge in [0.05, 0.1) is 12.7 Å². The summed E-state index contributed by atoms with van der Waals surface area (Å²) >= 11 is 0. The smallest absolute Gasteiger partial charge is 0.354 e. The molecule has 2 aromatic rings. The molecule has 1 atom stereocenters. The van der Waals surface area contributed by atoms with Crippen molar-refractivity contribution in [2.24, 2.45) is 0 Å². The molecule has 112 valence electrons. The molecule has 0 aliphatic carbocycles. The molecule has 0 aromatic carbocycles. The Balaban J connectivity index is 1.92. The lowest BCUT2D eigenvalue weighted by atomic mass is 9.84. The van der Waals surface area contributed by atoms with Crippen molar-refractivity contribution in [1.29, 1.82) is 0 Å². The number of nitrogens with one attached hydrogen (secondary N) is 1. The molecule has 3 rings (SSSR count). The Bertz CT molecular complexity index is 675. The minimum Gasteiger partial charge on any atom is -0.464 e. The second-order valence-electron chi connectivity index (χ2n) is 6.18. The molecule has 0 spiro atoms. The zero-order valence-corrected chi connectivity index (χ0v) is 12.6. The van der Waals surface area contributed by atoms with Gasteiger partial charge >= 0.3 is 5.97 Å². The fourth-order valence-electron chi connectivity index (χ4n) is 2.99. The van der Waals surface area contributed by atoms with E-state index in [9.17, 15) is 4.79 Å². The summed E-state index contributed by atoms with van der Waals surface area (Å²) in [5.74, 6) is 0.0730. The number of carbonyl (C=O) groups is 1. The van der Waals surface area contributed by atoms with Gasteiger partial charge in [-0.1, -0.05) is 0 Å². The summed E-state index contributed by atoms with van der Waals surface area (Å²) < 4.78 is 10.5. The zero-order chi connectivity index (χ0) is 15.0. The SMILES string of the molecule is COC(=O)c1cc2cc(C3CCOC(C)(C)C3)cnc2[nH]1. The van der Waals surface area contributed by atoms with Crippen molar-refractivity contribution in [1.82, 2.24) is 9.97 Å². The number of H-pyrrole nitrogens is 1. The summed E-state index contributed by atoms with van der Waals surface area (Å²) in [5, 5.41) is 0.942. The van der Waals surface area contributed by atoms with Crippen LogP contribution in [0.25, 0.3) is 11.0 Å². The molecule has 1 saturated heterocycles. The van der Waals surface area contributed by atoms with Gasteiger partial charge in [-0.05, 0) is 50.3 Å². The minimum absolute atomic E-state index is 0.0901. The zero-order valence-electron chi connectivity index (χ0n) is 12.6. The first kappa shape index (κ1) is 14.1. The molecule has 1 aliphatic rings. The van der Waals surface area contributed by atoms with Crippen LogP contribution in [0.2, 0.25) is 0 Å². The number of pyridine rings is 1. The Hall–Kier alpha value is -1.88. The van der Waals surface area contributed by atoms with Gasteiger partial charge in [0, 0.05) is 18.2 Å². The van der Waals surface area contributed by atoms with Crippen LogP contribution in [0.5, 0.6) is 0 Å². The van der Waals surface area contributed by atoms with Crippen LogP contribution in [0, 0.1) is 0 Å². The molecule has 0 amide bonds. The van der Waals surface area contributed by atoms with Crippen LogP contribution in [0.4, 0.5) is 0 Å². The summed E-state index contributed by atoms with van der Waals surface area (Å²) in [6.07, 6.45) is 3.88. The Kier molecular flexibility index (Phi) is 3.45. The van der Waals surface area contributed by atoms with Crippen LogP contribution in [0.3, 0.4) is 0 Å². The number of rotatable bonds is 2. The standard InChI is InChI=1S/C16H20N2O3/c1-16(2)8-10(4-5-21-16)12-6-11-7-13(15(19)20-3)18-14(11)17-9-12/h6-7,9-10H,4-5,8H2,1-3H3,(H,17,18). The van der Waals surface area contributed by atoms with Crippen LogP contribution in [0.15, 0.2) is 18.3 Å². The molecule has 0 saturated carbocycles. The van der Waals surface area contributed by atoms with E-state index in [-0.39, 0.29) is 11.6 Å². The molecule has 2 aromatic heterocycles. The number of methoxy groups -OCH3 is 1. The second kappa shape index (κ2) is 5.15. The number of ether oxygens (including phenoxy) is 2. The van der Waals surface area contributed by atoms with Crippen molar-refractivity contribution < 1.29 is 14.3 Å². The first-order valence-corrected chi connectivity index (χ1v) is 7.19. The summed E-state index contributed by atoms with van der Waals surface area (Å²) in [5.41, 5.74) is 2.26. The lowest BCUT2D eigenvalue weighted by Crippen LogP contribution is -2.33. The van der Waals surface area contributed by atoms with Crippen LogP contribution < -0.4 is 0 Å². The number of nitrogens with zero attached hydrogens (tertiary/aromatic N) is 1. The molecule has 5 nitrogen and oxygen atoms in total. The average Bonchev–Trinajstić information content (AvgIpc) is 2.88. The highest BCUT2D eigenvalue weighted by Gasteiger charge is 2.30. The van der Waals surface area contributed by atoms with Crippen molar-refractivity contribution in [3.05, 3.63) is 29.6 Å². The van der Waals surface area contributed by atoms with Crippen molar-refractivity contribution in [2.75, 3.05) is 13.7 Å². The van der Waals surface area contributed by atoms with E-state index in [0.29, 0.717) is 17.3 Å². The minimum atomic E-state index is -0.373. The Labute approximate surface area is 123 Å². The molecule has 1 N–H and O–H groups in total. The predicted molar refractivity (Wildman–Crippen MR) is 79.4 cm³/mol. The van der Waals surface area contributed by atoms with Crippen LogP contribution in [-0.4, -0.2) is 35.3 Å². The van der Waals surface area contributed by atoms with Crippen molar-refractivity contribution in [3.8, 4) is 0 Å². The molecule has 0 radical (unpaired) electrons. The van der Waals surface area contributed by atoms with E-state index in [0.717, 1.165) is 24.8 Å². The van der Waals surface area contributed by atoms with Gasteiger partial charge in [-0.15, -0.1) is 0 Å². The Morgan fingerprint density at radius 3 is 3.00 bits per heavy atom. The molecular weight excluding hydrogens is 268 g/mol. The normalized spacial score (nSPS) is 21.4. The lowest BCUT2D eigenvalue weighted by Gasteiger charge is -2.35. The van der Waals surface area contributed by atoms with Crippen LogP contribution >= 0.6 is 0 Å². The lowest BCUT2D eigenvalue weighted by molar-refractivity contribution is -0.0593. The summed E-state index contributed by atoms with van der Waals surface area (Å²) in [4.78, 5) is 19.0. The van der Waals surface area contributed by atoms with E-state index in [1.807, 2.05) is 6.20 Å². The maximum atomic E-state index is 11.6. The maximum absolute atomic E-state index is 11.6. The number of hydrogen-bond acceptors (Lipinski definition) is 4. The molecular formula is C16H20N2O3. The topological polar surface area (TPSA) is 64.2 Å². The number of carbonyl (C=O) groups excluding carboxylic acids is 1. The van der Waals surface area contributed by atoms with Gasteiger partial charge in [-0.2, -0.15) is 0 Å². The third-order valence-electron chi connectivity index (χ3n) is 4.07. The molecule has 21 heavy (non-hydrogen) atoms. The van der Waals surface area contributed by atoms with Crippen molar-refractivity contribution in [2.45, 2.75) is 38.2 Å². The Morgan fingerprint density at radius 1 is 1.48 bits per heavy atom. The summed E-state index contributed by atoms with van der Waals surface area (Å²) in [6.45, 7) is 5.02. The van der Waals surface area contributed by atoms with E-state index < -0.39 is 0 Å². The van der Waals surface area contributed by atoms with Crippen molar-refractivity contribution in [3.63, 3.8) is 0 Å². The molecule has 3 heterocycles. The third-order valence-corrected chi connectivity index (χ3v) is 4.07. The Morgan fingerprint density at radius 2 is 2.29 bits per heavy atom. The van der Waals surface area contributed by atoms with Gasteiger partial charge in [-0.3, -0.25) is 0 Å². The third kappa shape index (κ3) is 2.78. The van der Waals surface area contributed by atoms with Gasteiger partial charge < -0.3 is 14.5 Å². The number of esters is 1. The molecule has 1 fully saturated rings.